The smallest absolute Gasteiger partial charge is 0.226 e. The maximum absolute atomic E-state index is 12.5. The summed E-state index contributed by atoms with van der Waals surface area (Å²) in [6, 6.07) is 0.367. The van der Waals surface area contributed by atoms with Gasteiger partial charge in [-0.2, -0.15) is 0 Å². The van der Waals surface area contributed by atoms with Gasteiger partial charge in [-0.3, -0.25) is 4.79 Å². The molecule has 0 spiro atoms. The van der Waals surface area contributed by atoms with Crippen LogP contribution in [0, 0.1) is 0 Å². The molecule has 0 bridgehead atoms. The van der Waals surface area contributed by atoms with E-state index in [4.69, 9.17) is 0 Å². The fourth-order valence-electron chi connectivity index (χ4n) is 4.05. The van der Waals surface area contributed by atoms with Crippen molar-refractivity contribution < 1.29 is 4.79 Å². The van der Waals surface area contributed by atoms with Crippen molar-refractivity contribution in [2.45, 2.75) is 64.3 Å². The van der Waals surface area contributed by atoms with Gasteiger partial charge < -0.3 is 9.80 Å². The Kier molecular flexibility index (Phi) is 6.69. The molecule has 3 aliphatic rings. The molecule has 25 heavy (non-hydrogen) atoms. The van der Waals surface area contributed by atoms with E-state index in [0.29, 0.717) is 12.5 Å². The van der Waals surface area contributed by atoms with Crippen LogP contribution in [0.4, 0.5) is 0 Å². The fraction of sp³-hybridized carbons (Fsp3) is 0.591. The molecular weight excluding hydrogens is 308 g/mol. The van der Waals surface area contributed by atoms with E-state index in [1.165, 1.54) is 18.4 Å². The van der Waals surface area contributed by atoms with Gasteiger partial charge in [0.25, 0.3) is 0 Å². The minimum atomic E-state index is 0.272. The highest BCUT2D eigenvalue weighted by molar-refractivity contribution is 5.78. The minimum Gasteiger partial charge on any atom is -0.310 e. The molecule has 0 N–H and O–H groups in total. The zero-order valence-electron chi connectivity index (χ0n) is 15.6. The van der Waals surface area contributed by atoms with Crippen LogP contribution in [0.25, 0.3) is 0 Å². The van der Waals surface area contributed by atoms with Gasteiger partial charge in [0.2, 0.25) is 5.91 Å². The summed E-state index contributed by atoms with van der Waals surface area (Å²) >= 11 is 0. The Morgan fingerprint density at radius 1 is 1.08 bits per heavy atom. The minimum absolute atomic E-state index is 0.272. The van der Waals surface area contributed by atoms with Crippen LogP contribution in [-0.4, -0.2) is 41.4 Å². The second-order valence-corrected chi connectivity index (χ2v) is 7.31. The van der Waals surface area contributed by atoms with Crippen molar-refractivity contribution in [3.63, 3.8) is 0 Å². The standard InChI is InChI=1S/C22H32N2O/c1-2-22(25)24(20-11-7-4-8-12-20)21-14-17-23(18-15-21)16-13-19-9-5-3-6-10-19/h5,7,9-12,21H,2-4,6,8,13-18H2,1H3. The lowest BCUT2D eigenvalue weighted by molar-refractivity contribution is -0.131. The summed E-state index contributed by atoms with van der Waals surface area (Å²) in [6.45, 7) is 5.33. The van der Waals surface area contributed by atoms with Gasteiger partial charge in [-0.1, -0.05) is 42.9 Å². The van der Waals surface area contributed by atoms with E-state index in [2.05, 4.69) is 46.3 Å². The van der Waals surface area contributed by atoms with Crippen LogP contribution in [0.3, 0.4) is 0 Å². The number of piperidine rings is 1. The summed E-state index contributed by atoms with van der Waals surface area (Å²) in [4.78, 5) is 17.2. The second-order valence-electron chi connectivity index (χ2n) is 7.31. The van der Waals surface area contributed by atoms with Crippen molar-refractivity contribution >= 4 is 5.91 Å². The summed E-state index contributed by atoms with van der Waals surface area (Å²) in [7, 11) is 0. The Morgan fingerprint density at radius 3 is 2.40 bits per heavy atom. The van der Waals surface area contributed by atoms with Crippen LogP contribution in [0.5, 0.6) is 0 Å². The van der Waals surface area contributed by atoms with Crippen molar-refractivity contribution in [3.05, 3.63) is 47.7 Å². The van der Waals surface area contributed by atoms with Crippen molar-refractivity contribution in [2.24, 2.45) is 0 Å². The molecule has 3 nitrogen and oxygen atoms in total. The molecular formula is C22H32N2O. The average molecular weight is 341 g/mol. The van der Waals surface area contributed by atoms with Crippen LogP contribution >= 0.6 is 0 Å². The highest BCUT2D eigenvalue weighted by Gasteiger charge is 2.29. The van der Waals surface area contributed by atoms with E-state index in [1.807, 2.05) is 6.92 Å². The maximum atomic E-state index is 12.5. The Balaban J connectivity index is 1.53. The van der Waals surface area contributed by atoms with Crippen molar-refractivity contribution in [1.82, 2.24) is 9.80 Å². The van der Waals surface area contributed by atoms with E-state index in [9.17, 15) is 4.79 Å². The number of amides is 1. The third-order valence-electron chi connectivity index (χ3n) is 5.54. The molecule has 0 saturated carbocycles. The van der Waals surface area contributed by atoms with Gasteiger partial charge in [0.15, 0.2) is 0 Å². The molecule has 0 atom stereocenters. The molecule has 0 aromatic rings. The summed E-state index contributed by atoms with van der Waals surface area (Å²) in [6.07, 6.45) is 22.0. The molecule has 0 unspecified atom stereocenters. The zero-order chi connectivity index (χ0) is 17.5. The summed E-state index contributed by atoms with van der Waals surface area (Å²) in [5.74, 6) is 0.272. The second kappa shape index (κ2) is 9.19. The lowest BCUT2D eigenvalue weighted by atomic mass is 9.99. The molecule has 2 aliphatic carbocycles. The number of allylic oxidation sites excluding steroid dienone is 6. The first-order valence-electron chi connectivity index (χ1n) is 10.0. The van der Waals surface area contributed by atoms with Crippen molar-refractivity contribution in [2.75, 3.05) is 19.6 Å². The molecule has 0 aromatic heterocycles. The maximum Gasteiger partial charge on any atom is 0.226 e. The number of nitrogens with zero attached hydrogens (tertiary/aromatic N) is 2. The number of carbonyl (C=O) groups is 1. The Morgan fingerprint density at radius 2 is 1.80 bits per heavy atom. The highest BCUT2D eigenvalue weighted by Crippen LogP contribution is 2.25. The normalized spacial score (nSPS) is 21.8. The summed E-state index contributed by atoms with van der Waals surface area (Å²) in [5.41, 5.74) is 2.63. The van der Waals surface area contributed by atoms with Gasteiger partial charge in [-0.15, -0.1) is 0 Å². The Bertz CT molecular complexity index is 577. The number of carbonyl (C=O) groups excluding carboxylic acids is 1. The summed E-state index contributed by atoms with van der Waals surface area (Å²) in [5, 5.41) is 0. The van der Waals surface area contributed by atoms with Crippen LogP contribution in [0.2, 0.25) is 0 Å². The van der Waals surface area contributed by atoms with E-state index in [-0.39, 0.29) is 5.91 Å². The SMILES string of the molecule is CCC(=O)N(C1=CCCC=C1)C1CCN(CCC2=CCCC=C2)CC1. The van der Waals surface area contributed by atoms with Gasteiger partial charge >= 0.3 is 0 Å². The van der Waals surface area contributed by atoms with Crippen LogP contribution < -0.4 is 0 Å². The number of rotatable bonds is 6. The third-order valence-corrected chi connectivity index (χ3v) is 5.54. The van der Waals surface area contributed by atoms with Gasteiger partial charge in [0.1, 0.15) is 0 Å². The topological polar surface area (TPSA) is 23.6 Å². The van der Waals surface area contributed by atoms with E-state index in [0.717, 1.165) is 57.4 Å². The lowest BCUT2D eigenvalue weighted by Crippen LogP contribution is -2.46. The first kappa shape index (κ1) is 18.2. The third kappa shape index (κ3) is 4.94. The molecule has 1 fully saturated rings. The van der Waals surface area contributed by atoms with Crippen LogP contribution in [0.1, 0.15) is 58.3 Å². The zero-order valence-corrected chi connectivity index (χ0v) is 15.6. The lowest BCUT2D eigenvalue weighted by Gasteiger charge is -2.39. The van der Waals surface area contributed by atoms with Gasteiger partial charge in [-0.25, -0.2) is 0 Å². The summed E-state index contributed by atoms with van der Waals surface area (Å²) < 4.78 is 0. The van der Waals surface area contributed by atoms with E-state index in [1.54, 1.807) is 0 Å². The van der Waals surface area contributed by atoms with Crippen molar-refractivity contribution in [1.29, 1.82) is 0 Å². The predicted octanol–water partition coefficient (Wildman–Crippen LogP) is 4.59. The quantitative estimate of drug-likeness (QED) is 0.706. The molecule has 1 aliphatic heterocycles. The Hall–Kier alpha value is -1.61. The van der Waals surface area contributed by atoms with Crippen LogP contribution in [0.15, 0.2) is 47.7 Å². The number of hydrogen-bond acceptors (Lipinski definition) is 2. The molecule has 3 rings (SSSR count). The van der Waals surface area contributed by atoms with E-state index >= 15 is 0 Å². The molecule has 1 heterocycles. The fourth-order valence-corrected chi connectivity index (χ4v) is 4.05. The molecule has 0 aromatic carbocycles. The van der Waals surface area contributed by atoms with Gasteiger partial charge in [0, 0.05) is 37.8 Å². The first-order chi connectivity index (χ1) is 12.3. The average Bonchev–Trinajstić information content (AvgIpc) is 2.69. The van der Waals surface area contributed by atoms with E-state index < -0.39 is 0 Å². The monoisotopic (exact) mass is 340 g/mol. The number of hydrogen-bond donors (Lipinski definition) is 0. The predicted molar refractivity (Wildman–Crippen MR) is 104 cm³/mol. The molecule has 0 radical (unpaired) electrons. The molecule has 3 heteroatoms. The number of likely N-dealkylation sites (tertiary alicyclic amines) is 1. The molecule has 1 amide bonds. The highest BCUT2D eigenvalue weighted by atomic mass is 16.2. The largest absolute Gasteiger partial charge is 0.310 e. The molecule has 136 valence electrons. The van der Waals surface area contributed by atoms with Gasteiger partial charge in [-0.05, 0) is 51.0 Å². The van der Waals surface area contributed by atoms with Gasteiger partial charge in [0.05, 0.1) is 0 Å². The van der Waals surface area contributed by atoms with Crippen molar-refractivity contribution in [3.8, 4) is 0 Å². The molecule has 1 saturated heterocycles. The first-order valence-corrected chi connectivity index (χ1v) is 10.0. The van der Waals surface area contributed by atoms with Crippen LogP contribution in [-0.2, 0) is 4.79 Å². The Labute approximate surface area is 152 Å².